The van der Waals surface area contributed by atoms with Gasteiger partial charge in [0.2, 0.25) is 0 Å². The van der Waals surface area contributed by atoms with Crippen LogP contribution in [0.5, 0.6) is 0 Å². The summed E-state index contributed by atoms with van der Waals surface area (Å²) in [6, 6.07) is 4.04. The molecule has 0 bridgehead atoms. The van der Waals surface area contributed by atoms with Crippen LogP contribution >= 0.6 is 11.3 Å². The Morgan fingerprint density at radius 3 is 2.89 bits per heavy atom. The van der Waals surface area contributed by atoms with E-state index in [1.165, 1.54) is 17.4 Å². The first-order chi connectivity index (χ1) is 8.51. The molecule has 0 aliphatic heterocycles. The number of thiophene rings is 1. The highest BCUT2D eigenvalue weighted by Crippen LogP contribution is 2.19. The lowest BCUT2D eigenvalue weighted by Crippen LogP contribution is -2.23. The van der Waals surface area contributed by atoms with Gasteiger partial charge in [0, 0.05) is 28.9 Å². The molecule has 1 unspecified atom stereocenters. The van der Waals surface area contributed by atoms with Crippen LogP contribution in [0.4, 0.5) is 0 Å². The highest BCUT2D eigenvalue weighted by atomic mass is 32.1. The summed E-state index contributed by atoms with van der Waals surface area (Å²) in [5.74, 6) is -0.194. The van der Waals surface area contributed by atoms with Crippen molar-refractivity contribution in [3.8, 4) is 0 Å². The summed E-state index contributed by atoms with van der Waals surface area (Å²) < 4.78 is 0. The van der Waals surface area contributed by atoms with Crippen molar-refractivity contribution in [2.75, 3.05) is 13.6 Å². The number of hydrogen-bond donors (Lipinski definition) is 1. The van der Waals surface area contributed by atoms with Crippen molar-refractivity contribution in [1.29, 1.82) is 0 Å². The van der Waals surface area contributed by atoms with E-state index in [0.717, 1.165) is 18.0 Å². The van der Waals surface area contributed by atoms with Crippen molar-refractivity contribution in [2.45, 2.75) is 26.8 Å². The molecule has 4 heteroatoms. The van der Waals surface area contributed by atoms with Crippen LogP contribution in [-0.4, -0.2) is 29.6 Å². The number of carboxylic acid groups (broad SMARTS) is 1. The maximum absolute atomic E-state index is 10.4. The highest BCUT2D eigenvalue weighted by molar-refractivity contribution is 7.12. The molecule has 0 aliphatic rings. The maximum Gasteiger partial charge on any atom is 0.328 e. The van der Waals surface area contributed by atoms with Crippen molar-refractivity contribution in [3.05, 3.63) is 28.0 Å². The van der Waals surface area contributed by atoms with Gasteiger partial charge < -0.3 is 10.0 Å². The molecule has 1 aromatic rings. The van der Waals surface area contributed by atoms with Gasteiger partial charge in [-0.2, -0.15) is 0 Å². The Hall–Kier alpha value is -1.13. The van der Waals surface area contributed by atoms with Gasteiger partial charge in [0.05, 0.1) is 0 Å². The van der Waals surface area contributed by atoms with Crippen LogP contribution in [0.25, 0.3) is 6.08 Å². The molecule has 1 aromatic heterocycles. The maximum atomic E-state index is 10.4. The van der Waals surface area contributed by atoms with Gasteiger partial charge >= 0.3 is 5.97 Å². The molecule has 3 nitrogen and oxygen atoms in total. The predicted molar refractivity (Wildman–Crippen MR) is 76.8 cm³/mol. The van der Waals surface area contributed by atoms with Gasteiger partial charge in [0.1, 0.15) is 0 Å². The van der Waals surface area contributed by atoms with Crippen molar-refractivity contribution < 1.29 is 9.90 Å². The lowest BCUT2D eigenvalue weighted by atomic mass is 10.1. The Kier molecular flexibility index (Phi) is 6.09. The molecule has 0 amide bonds. The topological polar surface area (TPSA) is 40.5 Å². The molecule has 0 saturated heterocycles. The molecule has 0 fully saturated rings. The number of carboxylic acids is 1. The first-order valence-corrected chi connectivity index (χ1v) is 7.01. The van der Waals surface area contributed by atoms with Crippen molar-refractivity contribution in [1.82, 2.24) is 4.90 Å². The summed E-state index contributed by atoms with van der Waals surface area (Å²) in [7, 11) is 2.12. The summed E-state index contributed by atoms with van der Waals surface area (Å²) in [5, 5.41) is 8.56. The number of carbonyl (C=O) groups is 1. The molecular formula is C14H21NO2S. The molecule has 1 rings (SSSR count). The van der Waals surface area contributed by atoms with Gasteiger partial charge in [-0.05, 0) is 31.2 Å². The van der Waals surface area contributed by atoms with E-state index in [2.05, 4.69) is 31.9 Å². The Bertz CT molecular complexity index is 412. The largest absolute Gasteiger partial charge is 0.478 e. The zero-order valence-corrected chi connectivity index (χ0v) is 12.0. The van der Waals surface area contributed by atoms with E-state index in [1.807, 2.05) is 6.07 Å². The third kappa shape index (κ3) is 5.47. The van der Waals surface area contributed by atoms with Crippen LogP contribution in [0.15, 0.2) is 18.2 Å². The fraction of sp³-hybridized carbons (Fsp3) is 0.500. The lowest BCUT2D eigenvalue weighted by molar-refractivity contribution is -0.131. The first kappa shape index (κ1) is 14.9. The molecule has 100 valence electrons. The quantitative estimate of drug-likeness (QED) is 0.770. The fourth-order valence-corrected chi connectivity index (χ4v) is 2.71. The Labute approximate surface area is 113 Å². The normalized spacial score (nSPS) is 13.3. The summed E-state index contributed by atoms with van der Waals surface area (Å²) in [6.07, 6.45) is 4.02. The van der Waals surface area contributed by atoms with E-state index in [4.69, 9.17) is 5.11 Å². The average molecular weight is 267 g/mol. The van der Waals surface area contributed by atoms with Gasteiger partial charge in [0.15, 0.2) is 0 Å². The standard InChI is InChI=1S/C14H21NO2S/c1-4-11(2)9-15(3)10-13-6-5-12(18-13)7-8-14(16)17/h5-8,11H,4,9-10H2,1-3H3,(H,16,17). The van der Waals surface area contributed by atoms with Gasteiger partial charge in [0.25, 0.3) is 0 Å². The zero-order valence-electron chi connectivity index (χ0n) is 11.2. The van der Waals surface area contributed by atoms with Gasteiger partial charge in [-0.3, -0.25) is 0 Å². The van der Waals surface area contributed by atoms with Crippen molar-refractivity contribution in [3.63, 3.8) is 0 Å². The molecule has 0 spiro atoms. The summed E-state index contributed by atoms with van der Waals surface area (Å²) in [6.45, 7) is 6.48. The fourth-order valence-electron chi connectivity index (χ4n) is 1.71. The molecule has 0 radical (unpaired) electrons. The number of hydrogen-bond acceptors (Lipinski definition) is 3. The third-order valence-electron chi connectivity index (χ3n) is 2.82. The molecule has 18 heavy (non-hydrogen) atoms. The van der Waals surface area contributed by atoms with Crippen LogP contribution in [0, 0.1) is 5.92 Å². The van der Waals surface area contributed by atoms with E-state index in [1.54, 1.807) is 17.4 Å². The second kappa shape index (κ2) is 7.34. The van der Waals surface area contributed by atoms with Crippen LogP contribution in [0.1, 0.15) is 30.0 Å². The summed E-state index contributed by atoms with van der Waals surface area (Å²) >= 11 is 1.65. The van der Waals surface area contributed by atoms with E-state index in [0.29, 0.717) is 5.92 Å². The molecule has 0 aromatic carbocycles. The predicted octanol–water partition coefficient (Wildman–Crippen LogP) is 3.32. The molecule has 1 atom stereocenters. The van der Waals surface area contributed by atoms with Crippen LogP contribution in [0.2, 0.25) is 0 Å². The van der Waals surface area contributed by atoms with Crippen LogP contribution in [-0.2, 0) is 11.3 Å². The van der Waals surface area contributed by atoms with Crippen molar-refractivity contribution in [2.24, 2.45) is 5.92 Å². The number of nitrogens with zero attached hydrogens (tertiary/aromatic N) is 1. The Balaban J connectivity index is 2.50. The molecule has 1 N–H and O–H groups in total. The first-order valence-electron chi connectivity index (χ1n) is 6.19. The van der Waals surface area contributed by atoms with E-state index < -0.39 is 5.97 Å². The molecule has 0 saturated carbocycles. The SMILES string of the molecule is CCC(C)CN(C)Cc1ccc(C=CC(=O)O)s1. The molecule has 0 aliphatic carbocycles. The van der Waals surface area contributed by atoms with Gasteiger partial charge in [-0.15, -0.1) is 11.3 Å². The van der Waals surface area contributed by atoms with E-state index in [-0.39, 0.29) is 0 Å². The van der Waals surface area contributed by atoms with Crippen LogP contribution < -0.4 is 0 Å². The average Bonchev–Trinajstić information content (AvgIpc) is 2.73. The highest BCUT2D eigenvalue weighted by Gasteiger charge is 2.06. The summed E-state index contributed by atoms with van der Waals surface area (Å²) in [5.41, 5.74) is 0. The van der Waals surface area contributed by atoms with Gasteiger partial charge in [-0.1, -0.05) is 20.3 Å². The van der Waals surface area contributed by atoms with Crippen LogP contribution in [0.3, 0.4) is 0 Å². The second-order valence-corrected chi connectivity index (χ2v) is 5.89. The Morgan fingerprint density at radius 1 is 1.56 bits per heavy atom. The Morgan fingerprint density at radius 2 is 2.28 bits per heavy atom. The number of aliphatic carboxylic acids is 1. The minimum Gasteiger partial charge on any atom is -0.478 e. The molecule has 1 heterocycles. The minimum absolute atomic E-state index is 0.710. The monoisotopic (exact) mass is 267 g/mol. The second-order valence-electron chi connectivity index (χ2n) is 4.69. The summed E-state index contributed by atoms with van der Waals surface area (Å²) in [4.78, 5) is 15.0. The zero-order chi connectivity index (χ0) is 13.5. The molecular weight excluding hydrogens is 246 g/mol. The van der Waals surface area contributed by atoms with Crippen molar-refractivity contribution >= 4 is 23.4 Å². The smallest absolute Gasteiger partial charge is 0.328 e. The minimum atomic E-state index is -0.904. The third-order valence-corrected chi connectivity index (χ3v) is 3.85. The van der Waals surface area contributed by atoms with Gasteiger partial charge in [-0.25, -0.2) is 4.79 Å². The lowest BCUT2D eigenvalue weighted by Gasteiger charge is -2.19. The number of rotatable bonds is 7. The van der Waals surface area contributed by atoms with E-state index in [9.17, 15) is 4.79 Å². The van der Waals surface area contributed by atoms with E-state index >= 15 is 0 Å².